The Morgan fingerprint density at radius 3 is 2.27 bits per heavy atom. The van der Waals surface area contributed by atoms with Gasteiger partial charge in [0.15, 0.2) is 0 Å². The Hall–Kier alpha value is 0.01000. The van der Waals surface area contributed by atoms with Crippen LogP contribution in [0, 0.1) is 0 Å². The molecule has 0 saturated carbocycles. The van der Waals surface area contributed by atoms with Crippen molar-refractivity contribution in [3.8, 4) is 0 Å². The zero-order valence-electron chi connectivity index (χ0n) is 5.93. The molecule has 0 radical (unpaired) electrons. The van der Waals surface area contributed by atoms with Gasteiger partial charge in [0.25, 0.3) is 0 Å². The van der Waals surface area contributed by atoms with Gasteiger partial charge >= 0.3 is 5.43 Å². The van der Waals surface area contributed by atoms with Gasteiger partial charge in [0.1, 0.15) is 5.56 Å². The molecule has 0 spiro atoms. The Balaban J connectivity index is 0.000000218. The highest BCUT2D eigenvalue weighted by Crippen LogP contribution is 2.14. The van der Waals surface area contributed by atoms with Crippen molar-refractivity contribution in [1.82, 2.24) is 0 Å². The fourth-order valence-electron chi connectivity index (χ4n) is 0.701. The third-order valence-electron chi connectivity index (χ3n) is 1.12. The smallest absolute Gasteiger partial charge is 0.401 e. The molecular weight excluding hydrogens is 191 g/mol. The van der Waals surface area contributed by atoms with Gasteiger partial charge < -0.3 is 9.84 Å². The number of hydrogen-bond donors (Lipinski definition) is 1. The van der Waals surface area contributed by atoms with Crippen LogP contribution in [0.4, 0.5) is 4.79 Å². The van der Waals surface area contributed by atoms with Crippen LogP contribution in [0.5, 0.6) is 0 Å². The first kappa shape index (κ1) is 11.0. The molecule has 1 fully saturated rings. The lowest BCUT2D eigenvalue weighted by molar-refractivity contribution is 0.0680. The van der Waals surface area contributed by atoms with E-state index >= 15 is 0 Å². The minimum absolute atomic E-state index is 0.00810. The molecule has 0 aromatic rings. The molecule has 5 heteroatoms. The van der Waals surface area contributed by atoms with E-state index in [0.29, 0.717) is 0 Å². The van der Waals surface area contributed by atoms with Gasteiger partial charge in [0.05, 0.1) is 0 Å². The molecule has 0 aromatic heterocycles. The molecule has 11 heavy (non-hydrogen) atoms. The van der Waals surface area contributed by atoms with Gasteiger partial charge in [-0.1, -0.05) is 11.6 Å². The van der Waals surface area contributed by atoms with Crippen molar-refractivity contribution < 1.29 is 14.6 Å². The summed E-state index contributed by atoms with van der Waals surface area (Å²) in [6.07, 6.45) is 3.44. The summed E-state index contributed by atoms with van der Waals surface area (Å²) in [6, 6.07) is 0. The summed E-state index contributed by atoms with van der Waals surface area (Å²) in [5, 5.41) is 7.18. The van der Waals surface area contributed by atoms with Gasteiger partial charge in [0, 0.05) is 18.2 Å². The molecule has 1 unspecified atom stereocenters. The van der Waals surface area contributed by atoms with Crippen molar-refractivity contribution in [1.29, 1.82) is 0 Å². The van der Waals surface area contributed by atoms with E-state index in [2.05, 4.69) is 11.6 Å². The van der Waals surface area contributed by atoms with E-state index in [-0.39, 0.29) is 5.56 Å². The van der Waals surface area contributed by atoms with E-state index in [1.54, 1.807) is 0 Å². The average Bonchev–Trinajstić information content (AvgIpc) is 1.87. The van der Waals surface area contributed by atoms with Crippen LogP contribution < -0.4 is 0 Å². The highest BCUT2D eigenvalue weighted by Gasteiger charge is 2.08. The SMILES string of the molecule is ClC1CCCCO1.O=C(O)Cl. The molecule has 3 nitrogen and oxygen atoms in total. The molecule has 1 atom stereocenters. The summed E-state index contributed by atoms with van der Waals surface area (Å²) >= 11 is 9.79. The molecule has 1 heterocycles. The number of halogens is 2. The number of carboxylic acid groups (broad SMARTS) is 1. The minimum Gasteiger partial charge on any atom is -0.469 e. The normalized spacial score (nSPS) is 23.3. The largest absolute Gasteiger partial charge is 0.469 e. The Labute approximate surface area is 75.2 Å². The van der Waals surface area contributed by atoms with E-state index in [9.17, 15) is 0 Å². The molecule has 0 amide bonds. The standard InChI is InChI=1S/C5H9ClO.CHClO2/c6-5-3-1-2-4-7-5;2-1(3)4/h5H,1-4H2;(H,3,4). The maximum absolute atomic E-state index is 8.77. The maximum atomic E-state index is 8.77. The van der Waals surface area contributed by atoms with E-state index in [1.165, 1.54) is 12.8 Å². The topological polar surface area (TPSA) is 46.5 Å². The second kappa shape index (κ2) is 6.70. The summed E-state index contributed by atoms with van der Waals surface area (Å²) in [6.45, 7) is 0.855. The fraction of sp³-hybridized carbons (Fsp3) is 0.833. The van der Waals surface area contributed by atoms with Crippen molar-refractivity contribution in [2.75, 3.05) is 6.61 Å². The second-order valence-electron chi connectivity index (χ2n) is 2.03. The van der Waals surface area contributed by atoms with Gasteiger partial charge in [-0.2, -0.15) is 0 Å². The van der Waals surface area contributed by atoms with Crippen LogP contribution in [0.15, 0.2) is 0 Å². The average molecular weight is 201 g/mol. The summed E-state index contributed by atoms with van der Waals surface area (Å²) < 4.78 is 5.04. The van der Waals surface area contributed by atoms with Crippen LogP contribution >= 0.6 is 23.2 Å². The van der Waals surface area contributed by atoms with Gasteiger partial charge in [-0.25, -0.2) is 4.79 Å². The highest BCUT2D eigenvalue weighted by molar-refractivity contribution is 6.60. The third-order valence-corrected chi connectivity index (χ3v) is 1.47. The number of hydrogen-bond acceptors (Lipinski definition) is 2. The maximum Gasteiger partial charge on any atom is 0.401 e. The molecule has 0 bridgehead atoms. The van der Waals surface area contributed by atoms with Gasteiger partial charge in [0.2, 0.25) is 0 Å². The van der Waals surface area contributed by atoms with E-state index in [0.717, 1.165) is 13.0 Å². The van der Waals surface area contributed by atoms with E-state index in [4.69, 9.17) is 26.2 Å². The Morgan fingerprint density at radius 2 is 2.09 bits per heavy atom. The Morgan fingerprint density at radius 1 is 1.55 bits per heavy atom. The van der Waals surface area contributed by atoms with Crippen molar-refractivity contribution in [2.45, 2.75) is 24.8 Å². The molecule has 1 aliphatic heterocycles. The zero-order valence-corrected chi connectivity index (χ0v) is 7.44. The summed E-state index contributed by atoms with van der Waals surface area (Å²) in [4.78, 5) is 8.77. The Bertz CT molecular complexity index is 108. The van der Waals surface area contributed by atoms with Crippen LogP contribution in [-0.2, 0) is 4.74 Å². The van der Waals surface area contributed by atoms with Crippen molar-refractivity contribution in [2.24, 2.45) is 0 Å². The fourth-order valence-corrected chi connectivity index (χ4v) is 0.945. The predicted molar refractivity (Wildman–Crippen MR) is 43.3 cm³/mol. The number of ether oxygens (including phenoxy) is 1. The summed E-state index contributed by atoms with van der Waals surface area (Å²) in [7, 11) is 0. The van der Waals surface area contributed by atoms with Gasteiger partial charge in [-0.15, -0.1) is 0 Å². The second-order valence-corrected chi connectivity index (χ2v) is 2.84. The quantitative estimate of drug-likeness (QED) is 0.484. The molecule has 1 rings (SSSR count). The van der Waals surface area contributed by atoms with E-state index in [1.807, 2.05) is 0 Å². The van der Waals surface area contributed by atoms with Crippen LogP contribution in [-0.4, -0.2) is 22.7 Å². The molecule has 0 aromatic carbocycles. The molecule has 0 aliphatic carbocycles. The lowest BCUT2D eigenvalue weighted by Gasteiger charge is -2.15. The molecule has 1 saturated heterocycles. The third kappa shape index (κ3) is 10.0. The van der Waals surface area contributed by atoms with Crippen molar-refractivity contribution in [3.05, 3.63) is 0 Å². The van der Waals surface area contributed by atoms with Crippen LogP contribution in [0.3, 0.4) is 0 Å². The molecular formula is C6H10Cl2O3. The molecule has 1 aliphatic rings. The first-order valence-corrected chi connectivity index (χ1v) is 4.08. The zero-order chi connectivity index (χ0) is 8.69. The van der Waals surface area contributed by atoms with Gasteiger partial charge in [-0.3, -0.25) is 0 Å². The lowest BCUT2D eigenvalue weighted by atomic mass is 10.2. The lowest BCUT2D eigenvalue weighted by Crippen LogP contribution is -2.11. The first-order valence-electron chi connectivity index (χ1n) is 3.27. The van der Waals surface area contributed by atoms with E-state index < -0.39 is 5.43 Å². The first-order chi connectivity index (χ1) is 5.13. The van der Waals surface area contributed by atoms with Crippen LogP contribution in [0.25, 0.3) is 0 Å². The number of carbonyl (C=O) groups is 1. The molecule has 1 N–H and O–H groups in total. The predicted octanol–water partition coefficient (Wildman–Crippen LogP) is 2.66. The number of alkyl halides is 1. The van der Waals surface area contributed by atoms with Crippen molar-refractivity contribution in [3.63, 3.8) is 0 Å². The molecule has 66 valence electrons. The monoisotopic (exact) mass is 200 g/mol. The van der Waals surface area contributed by atoms with Gasteiger partial charge in [-0.05, 0) is 19.3 Å². The highest BCUT2D eigenvalue weighted by atomic mass is 35.5. The van der Waals surface area contributed by atoms with Crippen molar-refractivity contribution >= 4 is 28.6 Å². The number of rotatable bonds is 0. The van der Waals surface area contributed by atoms with Crippen LogP contribution in [0.1, 0.15) is 19.3 Å². The minimum atomic E-state index is -1.36. The summed E-state index contributed by atoms with van der Waals surface area (Å²) in [5.41, 5.74) is -1.35. The summed E-state index contributed by atoms with van der Waals surface area (Å²) in [5.74, 6) is 0. The van der Waals surface area contributed by atoms with Crippen LogP contribution in [0.2, 0.25) is 0 Å². The Kier molecular flexibility index (Phi) is 6.71.